The summed E-state index contributed by atoms with van der Waals surface area (Å²) in [5, 5.41) is 3.11. The fourth-order valence-corrected chi connectivity index (χ4v) is 3.93. The number of hydrogen-bond donors (Lipinski definition) is 1. The van der Waals surface area contributed by atoms with Crippen molar-refractivity contribution >= 4 is 11.8 Å². The summed E-state index contributed by atoms with van der Waals surface area (Å²) >= 11 is 0. The number of rotatable bonds is 11. The highest BCUT2D eigenvalue weighted by molar-refractivity contribution is 5.95. The molecule has 0 spiro atoms. The zero-order valence-electron chi connectivity index (χ0n) is 19.7. The first kappa shape index (κ1) is 24.8. The largest absolute Gasteiger partial charge is 0.490 e. The Hall–Kier alpha value is -2.44. The average Bonchev–Trinajstić information content (AvgIpc) is 2.77. The number of benzene rings is 1. The maximum atomic E-state index is 13.0. The molecule has 1 aromatic carbocycles. The first-order valence-corrected chi connectivity index (χ1v) is 11.6. The van der Waals surface area contributed by atoms with Gasteiger partial charge in [-0.15, -0.1) is 0 Å². The van der Waals surface area contributed by atoms with Crippen LogP contribution < -0.4 is 19.5 Å². The minimum Gasteiger partial charge on any atom is -0.490 e. The van der Waals surface area contributed by atoms with E-state index in [9.17, 15) is 9.59 Å². The lowest BCUT2D eigenvalue weighted by molar-refractivity contribution is -0.136. The molecule has 1 aromatic rings. The second kappa shape index (κ2) is 12.4. The third-order valence-electron chi connectivity index (χ3n) is 5.65. The third kappa shape index (κ3) is 6.52. The number of hydrogen-bond acceptors (Lipinski definition) is 5. The lowest BCUT2D eigenvalue weighted by atomic mass is 9.98. The molecule has 2 rings (SSSR count). The molecule has 7 nitrogen and oxygen atoms in total. The first-order valence-electron chi connectivity index (χ1n) is 11.6. The Morgan fingerprint density at radius 1 is 0.935 bits per heavy atom. The van der Waals surface area contributed by atoms with E-state index in [0.717, 1.165) is 25.7 Å². The first-order chi connectivity index (χ1) is 15.0. The van der Waals surface area contributed by atoms with Crippen LogP contribution in [0.3, 0.4) is 0 Å². The lowest BCUT2D eigenvalue weighted by Gasteiger charge is -2.34. The normalized spacial score (nSPS) is 14.5. The topological polar surface area (TPSA) is 77.1 Å². The molecule has 1 fully saturated rings. The van der Waals surface area contributed by atoms with Gasteiger partial charge in [-0.2, -0.15) is 0 Å². The molecule has 0 unspecified atom stereocenters. The number of amides is 2. The van der Waals surface area contributed by atoms with Gasteiger partial charge < -0.3 is 24.4 Å². The Morgan fingerprint density at radius 2 is 1.45 bits per heavy atom. The molecule has 0 atom stereocenters. The SMILES string of the molecule is CCOc1cc(C(=O)NC2CCN(C(=O)C(CC)CC)CC2)cc(OCC)c1OCC. The van der Waals surface area contributed by atoms with Crippen molar-refractivity contribution in [3.05, 3.63) is 17.7 Å². The summed E-state index contributed by atoms with van der Waals surface area (Å²) < 4.78 is 17.1. The fourth-order valence-electron chi connectivity index (χ4n) is 3.93. The van der Waals surface area contributed by atoms with Crippen LogP contribution in [0, 0.1) is 5.92 Å². The van der Waals surface area contributed by atoms with Crippen LogP contribution in [-0.2, 0) is 4.79 Å². The minimum atomic E-state index is -0.172. The second-order valence-corrected chi connectivity index (χ2v) is 7.69. The van der Waals surface area contributed by atoms with Crippen molar-refractivity contribution in [3.8, 4) is 17.2 Å². The molecule has 1 saturated heterocycles. The van der Waals surface area contributed by atoms with E-state index in [1.165, 1.54) is 0 Å². The van der Waals surface area contributed by atoms with Gasteiger partial charge in [0, 0.05) is 30.6 Å². The molecule has 7 heteroatoms. The van der Waals surface area contributed by atoms with E-state index in [4.69, 9.17) is 14.2 Å². The van der Waals surface area contributed by atoms with Crippen LogP contribution in [0.25, 0.3) is 0 Å². The molecule has 0 aromatic heterocycles. The van der Waals surface area contributed by atoms with Crippen molar-refractivity contribution in [3.63, 3.8) is 0 Å². The van der Waals surface area contributed by atoms with Crippen molar-refractivity contribution in [2.45, 2.75) is 66.3 Å². The Morgan fingerprint density at radius 3 is 1.90 bits per heavy atom. The van der Waals surface area contributed by atoms with Crippen molar-refractivity contribution in [2.24, 2.45) is 5.92 Å². The Kier molecular flexibility index (Phi) is 9.95. The number of nitrogens with one attached hydrogen (secondary N) is 1. The monoisotopic (exact) mass is 434 g/mol. The van der Waals surface area contributed by atoms with Crippen LogP contribution in [0.5, 0.6) is 17.2 Å². The third-order valence-corrected chi connectivity index (χ3v) is 5.65. The Balaban J connectivity index is 2.07. The number of nitrogens with zero attached hydrogens (tertiary/aromatic N) is 1. The number of piperidine rings is 1. The molecular weight excluding hydrogens is 396 g/mol. The summed E-state index contributed by atoms with van der Waals surface area (Å²) in [5.74, 6) is 1.70. The van der Waals surface area contributed by atoms with E-state index >= 15 is 0 Å². The maximum Gasteiger partial charge on any atom is 0.251 e. The van der Waals surface area contributed by atoms with Gasteiger partial charge in [0.2, 0.25) is 11.7 Å². The van der Waals surface area contributed by atoms with E-state index in [1.807, 2.05) is 25.7 Å². The van der Waals surface area contributed by atoms with Crippen molar-refractivity contribution < 1.29 is 23.8 Å². The van der Waals surface area contributed by atoms with E-state index in [0.29, 0.717) is 55.7 Å². The van der Waals surface area contributed by atoms with Crippen LogP contribution in [0.15, 0.2) is 12.1 Å². The van der Waals surface area contributed by atoms with Gasteiger partial charge in [-0.25, -0.2) is 0 Å². The average molecular weight is 435 g/mol. The highest BCUT2D eigenvalue weighted by Gasteiger charge is 2.28. The zero-order valence-corrected chi connectivity index (χ0v) is 19.7. The number of likely N-dealkylation sites (tertiary alicyclic amines) is 1. The van der Waals surface area contributed by atoms with Crippen LogP contribution in [-0.4, -0.2) is 55.7 Å². The smallest absolute Gasteiger partial charge is 0.251 e. The maximum absolute atomic E-state index is 13.0. The summed E-state index contributed by atoms with van der Waals surface area (Å²) in [6.07, 6.45) is 3.25. The van der Waals surface area contributed by atoms with Crippen LogP contribution in [0.1, 0.15) is 70.7 Å². The standard InChI is InChI=1S/C24H38N2O5/c1-6-17(7-2)24(28)26-13-11-19(12-14-26)25-23(27)18-15-20(29-8-3)22(31-10-5)21(16-18)30-9-4/h15-17,19H,6-14H2,1-5H3,(H,25,27). The van der Waals surface area contributed by atoms with Crippen molar-refractivity contribution in [1.82, 2.24) is 10.2 Å². The van der Waals surface area contributed by atoms with Gasteiger partial charge in [0.25, 0.3) is 5.91 Å². The van der Waals surface area contributed by atoms with Crippen LogP contribution in [0.4, 0.5) is 0 Å². The molecule has 174 valence electrons. The van der Waals surface area contributed by atoms with Crippen molar-refractivity contribution in [1.29, 1.82) is 0 Å². The van der Waals surface area contributed by atoms with Crippen LogP contribution >= 0.6 is 0 Å². The summed E-state index contributed by atoms with van der Waals surface area (Å²) in [5.41, 5.74) is 0.478. The van der Waals surface area contributed by atoms with Gasteiger partial charge in [-0.3, -0.25) is 9.59 Å². The van der Waals surface area contributed by atoms with E-state index < -0.39 is 0 Å². The van der Waals surface area contributed by atoms with Gasteiger partial charge in [-0.05, 0) is 58.6 Å². The quantitative estimate of drug-likeness (QED) is 0.569. The summed E-state index contributed by atoms with van der Waals surface area (Å²) in [6, 6.07) is 3.45. The molecule has 0 radical (unpaired) electrons. The highest BCUT2D eigenvalue weighted by atomic mass is 16.5. The number of carbonyl (C=O) groups is 2. The zero-order chi connectivity index (χ0) is 22.8. The Bertz CT molecular complexity index is 698. The number of ether oxygens (including phenoxy) is 3. The molecule has 0 bridgehead atoms. The van der Waals surface area contributed by atoms with Gasteiger partial charge >= 0.3 is 0 Å². The number of carbonyl (C=O) groups excluding carboxylic acids is 2. The molecule has 2 amide bonds. The molecule has 1 aliphatic heterocycles. The Labute approximate surface area is 186 Å². The van der Waals surface area contributed by atoms with Gasteiger partial charge in [0.05, 0.1) is 19.8 Å². The van der Waals surface area contributed by atoms with Crippen LogP contribution in [0.2, 0.25) is 0 Å². The van der Waals surface area contributed by atoms with Crippen molar-refractivity contribution in [2.75, 3.05) is 32.9 Å². The lowest BCUT2D eigenvalue weighted by Crippen LogP contribution is -2.48. The molecule has 0 saturated carbocycles. The fraction of sp³-hybridized carbons (Fsp3) is 0.667. The van der Waals surface area contributed by atoms with E-state index in [2.05, 4.69) is 19.2 Å². The summed E-state index contributed by atoms with van der Waals surface area (Å²) in [7, 11) is 0. The van der Waals surface area contributed by atoms with Gasteiger partial charge in [0.15, 0.2) is 11.5 Å². The van der Waals surface area contributed by atoms with E-state index in [-0.39, 0.29) is 23.8 Å². The second-order valence-electron chi connectivity index (χ2n) is 7.69. The predicted octanol–water partition coefficient (Wildman–Crippen LogP) is 4.04. The predicted molar refractivity (Wildman–Crippen MR) is 121 cm³/mol. The minimum absolute atomic E-state index is 0.0379. The molecule has 1 N–H and O–H groups in total. The highest BCUT2D eigenvalue weighted by Crippen LogP contribution is 2.39. The van der Waals surface area contributed by atoms with E-state index in [1.54, 1.807) is 12.1 Å². The summed E-state index contributed by atoms with van der Waals surface area (Å²) in [4.78, 5) is 27.5. The molecule has 1 heterocycles. The molecular formula is C24H38N2O5. The molecule has 0 aliphatic carbocycles. The molecule has 1 aliphatic rings. The van der Waals surface area contributed by atoms with Gasteiger partial charge in [-0.1, -0.05) is 13.8 Å². The van der Waals surface area contributed by atoms with Gasteiger partial charge in [0.1, 0.15) is 0 Å². The summed E-state index contributed by atoms with van der Waals surface area (Å²) in [6.45, 7) is 12.5. The molecule has 31 heavy (non-hydrogen) atoms.